The Hall–Kier alpha value is -2.15. The summed E-state index contributed by atoms with van der Waals surface area (Å²) in [4.78, 5) is 21.4. The standard InChI is InChI=1S/C12H17N3O4/c1-7-5-10(8(2)4-9(7)15(17)18)19-6-12(3,14)11(13)16/h4-5H,6,14H2,1-3H3,(H2,13,16). The van der Waals surface area contributed by atoms with Crippen molar-refractivity contribution in [2.75, 3.05) is 6.61 Å². The van der Waals surface area contributed by atoms with Crippen LogP contribution in [0.5, 0.6) is 5.75 Å². The molecular formula is C12H17N3O4. The SMILES string of the molecule is Cc1cc([N+](=O)[O-])c(C)cc1OCC(C)(N)C(N)=O. The fourth-order valence-electron chi connectivity index (χ4n) is 1.43. The molecule has 0 radical (unpaired) electrons. The maximum atomic E-state index is 11.1. The minimum Gasteiger partial charge on any atom is -0.491 e. The summed E-state index contributed by atoms with van der Waals surface area (Å²) in [7, 11) is 0. The first kappa shape index (κ1) is 14.9. The Labute approximate surface area is 110 Å². The van der Waals surface area contributed by atoms with Crippen LogP contribution >= 0.6 is 0 Å². The van der Waals surface area contributed by atoms with E-state index in [9.17, 15) is 14.9 Å². The van der Waals surface area contributed by atoms with Gasteiger partial charge in [0.25, 0.3) is 5.69 Å². The molecule has 1 aromatic rings. The average molecular weight is 267 g/mol. The fraction of sp³-hybridized carbons (Fsp3) is 0.417. The van der Waals surface area contributed by atoms with E-state index in [4.69, 9.17) is 16.2 Å². The maximum absolute atomic E-state index is 11.1. The van der Waals surface area contributed by atoms with Gasteiger partial charge in [0.15, 0.2) is 0 Å². The molecule has 0 heterocycles. The van der Waals surface area contributed by atoms with Crippen molar-refractivity contribution in [1.82, 2.24) is 0 Å². The predicted octanol–water partition coefficient (Wildman–Crippen LogP) is 0.793. The van der Waals surface area contributed by atoms with Gasteiger partial charge in [-0.25, -0.2) is 0 Å². The van der Waals surface area contributed by atoms with E-state index in [0.717, 1.165) is 0 Å². The topological polar surface area (TPSA) is 121 Å². The van der Waals surface area contributed by atoms with Gasteiger partial charge in [0.2, 0.25) is 5.91 Å². The number of primary amides is 1. The summed E-state index contributed by atoms with van der Waals surface area (Å²) < 4.78 is 5.43. The molecule has 4 N–H and O–H groups in total. The predicted molar refractivity (Wildman–Crippen MR) is 69.9 cm³/mol. The molecule has 0 spiro atoms. The van der Waals surface area contributed by atoms with Crippen LogP contribution in [0.25, 0.3) is 0 Å². The van der Waals surface area contributed by atoms with Gasteiger partial charge in [0.05, 0.1) is 4.92 Å². The second kappa shape index (κ2) is 5.23. The lowest BCUT2D eigenvalue weighted by atomic mass is 10.1. The third-order valence-corrected chi connectivity index (χ3v) is 2.78. The highest BCUT2D eigenvalue weighted by Gasteiger charge is 2.27. The summed E-state index contributed by atoms with van der Waals surface area (Å²) in [6, 6.07) is 2.97. The van der Waals surface area contributed by atoms with Crippen LogP contribution in [0.4, 0.5) is 5.69 Å². The number of nitro groups is 1. The van der Waals surface area contributed by atoms with Crippen molar-refractivity contribution in [2.24, 2.45) is 11.5 Å². The van der Waals surface area contributed by atoms with E-state index in [-0.39, 0.29) is 12.3 Å². The van der Waals surface area contributed by atoms with Crippen LogP contribution in [0.2, 0.25) is 0 Å². The van der Waals surface area contributed by atoms with Crippen LogP contribution in [0.3, 0.4) is 0 Å². The monoisotopic (exact) mass is 267 g/mol. The highest BCUT2D eigenvalue weighted by atomic mass is 16.6. The van der Waals surface area contributed by atoms with Gasteiger partial charge in [-0.05, 0) is 32.4 Å². The van der Waals surface area contributed by atoms with Gasteiger partial charge >= 0.3 is 0 Å². The van der Waals surface area contributed by atoms with Gasteiger partial charge in [0.1, 0.15) is 17.9 Å². The fourth-order valence-corrected chi connectivity index (χ4v) is 1.43. The number of nitrogens with zero attached hydrogens (tertiary/aromatic N) is 1. The van der Waals surface area contributed by atoms with Crippen LogP contribution in [-0.2, 0) is 4.79 Å². The van der Waals surface area contributed by atoms with Crippen LogP contribution in [0.15, 0.2) is 12.1 Å². The second-order valence-electron chi connectivity index (χ2n) is 4.73. The first-order chi connectivity index (χ1) is 8.65. The van der Waals surface area contributed by atoms with E-state index in [1.54, 1.807) is 19.9 Å². The van der Waals surface area contributed by atoms with E-state index in [1.165, 1.54) is 13.0 Å². The molecule has 1 atom stereocenters. The van der Waals surface area contributed by atoms with Crippen molar-refractivity contribution in [3.8, 4) is 5.75 Å². The van der Waals surface area contributed by atoms with E-state index in [1.807, 2.05) is 0 Å². The molecule has 19 heavy (non-hydrogen) atoms. The third kappa shape index (κ3) is 3.41. The largest absolute Gasteiger partial charge is 0.491 e. The summed E-state index contributed by atoms with van der Waals surface area (Å²) in [6.45, 7) is 4.66. The van der Waals surface area contributed by atoms with Gasteiger partial charge in [-0.1, -0.05) is 0 Å². The Kier molecular flexibility index (Phi) is 4.10. The summed E-state index contributed by atoms with van der Waals surface area (Å²) in [5.74, 6) is -0.232. The zero-order valence-electron chi connectivity index (χ0n) is 11.1. The molecule has 0 fully saturated rings. The first-order valence-corrected chi connectivity index (χ1v) is 5.62. The van der Waals surface area contributed by atoms with Crippen LogP contribution in [0, 0.1) is 24.0 Å². The maximum Gasteiger partial charge on any atom is 0.272 e. The molecule has 1 unspecified atom stereocenters. The van der Waals surface area contributed by atoms with E-state index in [2.05, 4.69) is 0 Å². The number of hydrogen-bond acceptors (Lipinski definition) is 5. The normalized spacial score (nSPS) is 13.7. The molecule has 0 aliphatic rings. The van der Waals surface area contributed by atoms with Crippen molar-refractivity contribution in [1.29, 1.82) is 0 Å². The average Bonchev–Trinajstić information content (AvgIpc) is 2.29. The molecule has 0 aliphatic carbocycles. The zero-order chi connectivity index (χ0) is 14.8. The van der Waals surface area contributed by atoms with Crippen molar-refractivity contribution in [3.63, 3.8) is 0 Å². The molecule has 1 aromatic carbocycles. The number of hydrogen-bond donors (Lipinski definition) is 2. The number of benzene rings is 1. The third-order valence-electron chi connectivity index (χ3n) is 2.78. The highest BCUT2D eigenvalue weighted by Crippen LogP contribution is 2.28. The molecule has 1 rings (SSSR count). The molecule has 7 heteroatoms. The number of rotatable bonds is 5. The molecule has 0 saturated carbocycles. The number of nitrogens with two attached hydrogens (primary N) is 2. The minimum absolute atomic E-state index is 0.0234. The lowest BCUT2D eigenvalue weighted by Crippen LogP contribution is -2.53. The van der Waals surface area contributed by atoms with Crippen molar-refractivity contribution in [2.45, 2.75) is 26.3 Å². The molecular weight excluding hydrogens is 250 g/mol. The van der Waals surface area contributed by atoms with Gasteiger partial charge in [0, 0.05) is 11.6 Å². The molecule has 0 bridgehead atoms. The molecule has 1 amide bonds. The Bertz CT molecular complexity index is 526. The lowest BCUT2D eigenvalue weighted by molar-refractivity contribution is -0.385. The summed E-state index contributed by atoms with van der Waals surface area (Å²) in [5, 5.41) is 10.8. The van der Waals surface area contributed by atoms with Crippen molar-refractivity contribution < 1.29 is 14.5 Å². The van der Waals surface area contributed by atoms with Gasteiger partial charge in [-0.15, -0.1) is 0 Å². The van der Waals surface area contributed by atoms with Crippen molar-refractivity contribution in [3.05, 3.63) is 33.4 Å². The van der Waals surface area contributed by atoms with E-state index in [0.29, 0.717) is 16.9 Å². The number of ether oxygens (including phenoxy) is 1. The zero-order valence-corrected chi connectivity index (χ0v) is 11.1. The van der Waals surface area contributed by atoms with Crippen LogP contribution in [0.1, 0.15) is 18.1 Å². The number of aryl methyl sites for hydroxylation is 2. The summed E-state index contributed by atoms with van der Waals surface area (Å²) >= 11 is 0. The second-order valence-corrected chi connectivity index (χ2v) is 4.73. The number of carbonyl (C=O) groups excluding carboxylic acids is 1. The van der Waals surface area contributed by atoms with Crippen molar-refractivity contribution >= 4 is 11.6 Å². The number of amides is 1. The first-order valence-electron chi connectivity index (χ1n) is 5.62. The highest BCUT2D eigenvalue weighted by molar-refractivity contribution is 5.84. The Morgan fingerprint density at radius 2 is 2.00 bits per heavy atom. The minimum atomic E-state index is -1.29. The molecule has 0 aromatic heterocycles. The van der Waals surface area contributed by atoms with Gasteiger partial charge in [-0.2, -0.15) is 0 Å². The van der Waals surface area contributed by atoms with E-state index >= 15 is 0 Å². The number of nitro benzene ring substituents is 1. The number of carbonyl (C=O) groups is 1. The summed E-state index contributed by atoms with van der Waals surface area (Å²) in [5.41, 5.74) is 10.6. The molecule has 7 nitrogen and oxygen atoms in total. The lowest BCUT2D eigenvalue weighted by Gasteiger charge is -2.21. The Morgan fingerprint density at radius 1 is 1.42 bits per heavy atom. The molecule has 0 aliphatic heterocycles. The van der Waals surface area contributed by atoms with Gasteiger partial charge in [-0.3, -0.25) is 14.9 Å². The van der Waals surface area contributed by atoms with Gasteiger partial charge < -0.3 is 16.2 Å². The molecule has 104 valence electrons. The van der Waals surface area contributed by atoms with E-state index < -0.39 is 16.4 Å². The van der Waals surface area contributed by atoms with Crippen LogP contribution in [-0.4, -0.2) is 23.0 Å². The Balaban J connectivity index is 2.95. The Morgan fingerprint density at radius 3 is 2.47 bits per heavy atom. The quantitative estimate of drug-likeness (QED) is 0.603. The summed E-state index contributed by atoms with van der Waals surface area (Å²) in [6.07, 6.45) is 0. The molecule has 0 saturated heterocycles. The smallest absolute Gasteiger partial charge is 0.272 e. The van der Waals surface area contributed by atoms with Crippen LogP contribution < -0.4 is 16.2 Å².